The van der Waals surface area contributed by atoms with Gasteiger partial charge in [0.25, 0.3) is 0 Å². The van der Waals surface area contributed by atoms with Crippen LogP contribution in [0.1, 0.15) is 5.56 Å². The maximum atomic E-state index is 4.27. The first-order valence-corrected chi connectivity index (χ1v) is 9.54. The van der Waals surface area contributed by atoms with E-state index in [2.05, 4.69) is 73.1 Å². The summed E-state index contributed by atoms with van der Waals surface area (Å²) in [5, 5.41) is 4.08. The van der Waals surface area contributed by atoms with Crippen LogP contribution in [0.4, 0.5) is 0 Å². The number of aryl methyl sites for hydroxylation is 1. The molecule has 1 aliphatic carbocycles. The average molecular weight is 419 g/mol. The Labute approximate surface area is 159 Å². The molecule has 0 spiro atoms. The molecule has 0 radical (unpaired) electrons. The number of aromatic amines is 1. The predicted octanol–water partition coefficient (Wildman–Crippen LogP) is -3.65. The zero-order valence-electron chi connectivity index (χ0n) is 12.7. The summed E-state index contributed by atoms with van der Waals surface area (Å²) in [6.07, 6.45) is 2.23. The first kappa shape index (κ1) is 18.3. The predicted molar refractivity (Wildman–Crippen MR) is 85.4 cm³/mol. The number of benzene rings is 2. The largest absolute Gasteiger partial charge is 1.00 e. The van der Waals surface area contributed by atoms with Crippen molar-refractivity contribution in [2.45, 2.75) is 6.92 Å². The fraction of sp³-hybridized carbons (Fsp3) is 0.0526. The van der Waals surface area contributed by atoms with Gasteiger partial charge < -0.3 is 24.8 Å². The number of fused-ring (bicyclic) bond motifs is 2. The monoisotopic (exact) mass is 417 g/mol. The van der Waals surface area contributed by atoms with E-state index in [-0.39, 0.29) is 24.8 Å². The smallest absolute Gasteiger partial charge is 1.00 e. The number of hydrogen-bond donors (Lipinski definition) is 1. The van der Waals surface area contributed by atoms with Gasteiger partial charge in [-0.2, -0.15) is 0 Å². The molecule has 23 heavy (non-hydrogen) atoms. The Kier molecular flexibility index (Phi) is 5.73. The van der Waals surface area contributed by atoms with Crippen LogP contribution in [0.2, 0.25) is 0 Å². The molecule has 0 atom stereocenters. The molecule has 4 rings (SSSR count). The van der Waals surface area contributed by atoms with Crippen molar-refractivity contribution in [2.24, 2.45) is 0 Å². The van der Waals surface area contributed by atoms with E-state index in [9.17, 15) is 0 Å². The Balaban J connectivity index is 0.000000960. The second-order valence-electron chi connectivity index (χ2n) is 5.43. The standard InChI is InChI=1S/C10H7.C9H8N.2ClH.Zr/c1-8-6-9-4-2-3-5-10(9)7-8;1-7-6-10-9-5-3-2-4-8(7)9;;;/h2-6H,1H2;2-5,10H,1H3;2*1H;/q;;;;+2/p-2. The summed E-state index contributed by atoms with van der Waals surface area (Å²) in [5.74, 6) is 0. The fourth-order valence-electron chi connectivity index (χ4n) is 2.96. The van der Waals surface area contributed by atoms with E-state index < -0.39 is 23.2 Å². The number of aromatic nitrogens is 1. The van der Waals surface area contributed by atoms with Crippen molar-refractivity contribution in [3.05, 3.63) is 76.7 Å². The average Bonchev–Trinajstić information content (AvgIpc) is 2.99. The molecule has 0 fully saturated rings. The topological polar surface area (TPSA) is 15.8 Å². The third-order valence-electron chi connectivity index (χ3n) is 4.10. The van der Waals surface area contributed by atoms with E-state index in [0.717, 1.165) is 0 Å². The molecule has 0 bridgehead atoms. The zero-order chi connectivity index (χ0) is 14.4. The Morgan fingerprint density at radius 3 is 2.43 bits per heavy atom. The van der Waals surface area contributed by atoms with Crippen molar-refractivity contribution < 1.29 is 48.0 Å². The Morgan fingerprint density at radius 1 is 0.957 bits per heavy atom. The van der Waals surface area contributed by atoms with Gasteiger partial charge in [0.1, 0.15) is 0 Å². The molecule has 0 amide bonds. The molecule has 0 saturated carbocycles. The molecular formula is C19H15Cl2NZr. The third-order valence-corrected chi connectivity index (χ3v) is 8.01. The number of rotatable bonds is 2. The molecule has 1 nitrogen and oxygen atoms in total. The number of H-pyrrole nitrogens is 1. The Hall–Kier alpha value is -1.08. The maximum Gasteiger partial charge on any atom is -1.00 e. The van der Waals surface area contributed by atoms with Crippen LogP contribution in [-0.2, 0) is 23.2 Å². The molecule has 1 aliphatic rings. The van der Waals surface area contributed by atoms with E-state index >= 15 is 0 Å². The van der Waals surface area contributed by atoms with Crippen LogP contribution < -0.4 is 38.7 Å². The van der Waals surface area contributed by atoms with Crippen molar-refractivity contribution in [3.8, 4) is 0 Å². The number of halogens is 2. The third kappa shape index (κ3) is 3.13. The molecule has 3 aromatic rings. The molecule has 114 valence electrons. The summed E-state index contributed by atoms with van der Waals surface area (Å²) in [7, 11) is 0. The van der Waals surface area contributed by atoms with Crippen molar-refractivity contribution in [1.29, 1.82) is 0 Å². The quantitative estimate of drug-likeness (QED) is 0.441. The van der Waals surface area contributed by atoms with Gasteiger partial charge in [-0.25, -0.2) is 0 Å². The maximum absolute atomic E-state index is 4.27. The zero-order valence-corrected chi connectivity index (χ0v) is 16.6. The minimum atomic E-state index is -0.876. The SMILES string of the molecule is C=C1C=c2ccccc2=[C]1[Zr+2][c]1[nH]c2ccccc2c1C.[Cl-].[Cl-]. The van der Waals surface area contributed by atoms with Crippen LogP contribution in [-0.4, -0.2) is 4.98 Å². The van der Waals surface area contributed by atoms with Crippen LogP contribution in [0.3, 0.4) is 0 Å². The molecule has 1 aromatic heterocycles. The van der Waals surface area contributed by atoms with Gasteiger partial charge in [-0.05, 0) is 0 Å². The van der Waals surface area contributed by atoms with Gasteiger partial charge in [0, 0.05) is 0 Å². The van der Waals surface area contributed by atoms with Crippen molar-refractivity contribution in [1.82, 2.24) is 4.98 Å². The molecular weight excluding hydrogens is 404 g/mol. The summed E-state index contributed by atoms with van der Waals surface area (Å²) in [6, 6.07) is 17.2. The molecule has 1 heterocycles. The van der Waals surface area contributed by atoms with E-state index in [4.69, 9.17) is 0 Å². The van der Waals surface area contributed by atoms with E-state index in [1.807, 2.05) is 0 Å². The van der Waals surface area contributed by atoms with Crippen LogP contribution in [0, 0.1) is 6.92 Å². The van der Waals surface area contributed by atoms with E-state index in [1.165, 1.54) is 39.2 Å². The van der Waals surface area contributed by atoms with Crippen molar-refractivity contribution in [2.75, 3.05) is 0 Å². The normalized spacial score (nSPS) is 12.0. The summed E-state index contributed by atoms with van der Waals surface area (Å²) >= 11 is -0.876. The molecule has 1 N–H and O–H groups in total. The number of allylic oxidation sites excluding steroid dienone is 1. The Bertz CT molecular complexity index is 1000. The summed E-state index contributed by atoms with van der Waals surface area (Å²) < 4.78 is 2.96. The van der Waals surface area contributed by atoms with Gasteiger partial charge in [0.05, 0.1) is 0 Å². The number of nitrogens with one attached hydrogen (secondary N) is 1. The number of para-hydroxylation sites is 1. The van der Waals surface area contributed by atoms with Crippen molar-refractivity contribution >= 4 is 23.7 Å². The molecule has 0 saturated heterocycles. The summed E-state index contributed by atoms with van der Waals surface area (Å²) in [4.78, 5) is 3.64. The second-order valence-corrected chi connectivity index (χ2v) is 8.50. The molecule has 2 aromatic carbocycles. The molecule has 0 unspecified atom stereocenters. The van der Waals surface area contributed by atoms with Gasteiger partial charge in [-0.15, -0.1) is 0 Å². The van der Waals surface area contributed by atoms with Gasteiger partial charge in [0.2, 0.25) is 0 Å². The molecule has 4 heteroatoms. The minimum absolute atomic E-state index is 0. The Morgan fingerprint density at radius 2 is 1.65 bits per heavy atom. The van der Waals surface area contributed by atoms with E-state index in [0.29, 0.717) is 0 Å². The first-order chi connectivity index (χ1) is 10.2. The van der Waals surface area contributed by atoms with E-state index in [1.54, 1.807) is 0 Å². The molecule has 0 aliphatic heterocycles. The number of hydrogen-bond acceptors (Lipinski definition) is 0. The van der Waals surface area contributed by atoms with Gasteiger partial charge >= 0.3 is 135 Å². The summed E-state index contributed by atoms with van der Waals surface area (Å²) in [6.45, 7) is 6.51. The summed E-state index contributed by atoms with van der Waals surface area (Å²) in [5.41, 5.74) is 3.88. The van der Waals surface area contributed by atoms with Crippen LogP contribution in [0.15, 0.2) is 60.7 Å². The minimum Gasteiger partial charge on any atom is -1.00 e. The fourth-order valence-corrected chi connectivity index (χ4v) is 6.32. The van der Waals surface area contributed by atoms with Gasteiger partial charge in [-0.3, -0.25) is 0 Å². The van der Waals surface area contributed by atoms with Crippen LogP contribution in [0.5, 0.6) is 0 Å². The van der Waals surface area contributed by atoms with Gasteiger partial charge in [-0.1, -0.05) is 0 Å². The second kappa shape index (κ2) is 7.22. The van der Waals surface area contributed by atoms with Crippen LogP contribution in [0.25, 0.3) is 20.3 Å². The van der Waals surface area contributed by atoms with Crippen LogP contribution >= 0.6 is 0 Å². The van der Waals surface area contributed by atoms with Gasteiger partial charge in [0.15, 0.2) is 0 Å². The first-order valence-electron chi connectivity index (χ1n) is 7.09. The van der Waals surface area contributed by atoms with Crippen molar-refractivity contribution in [3.63, 3.8) is 0 Å².